The first-order chi connectivity index (χ1) is 8.06. The maximum Gasteiger partial charge on any atom is 0.330 e. The van der Waals surface area contributed by atoms with Crippen LogP contribution in [0.3, 0.4) is 0 Å². The summed E-state index contributed by atoms with van der Waals surface area (Å²) in [5.41, 5.74) is 0. The van der Waals surface area contributed by atoms with Crippen LogP contribution in [0.2, 0.25) is 0 Å². The summed E-state index contributed by atoms with van der Waals surface area (Å²) in [5, 5.41) is 0. The van der Waals surface area contributed by atoms with Gasteiger partial charge in [0.2, 0.25) is 5.79 Å². The minimum atomic E-state index is -1.04. The lowest BCUT2D eigenvalue weighted by molar-refractivity contribution is -0.271. The zero-order valence-electron chi connectivity index (χ0n) is 9.77. The van der Waals surface area contributed by atoms with E-state index in [4.69, 9.17) is 14.2 Å². The third-order valence-corrected chi connectivity index (χ3v) is 2.05. The first-order valence-corrected chi connectivity index (χ1v) is 5.28. The maximum atomic E-state index is 11.4. The van der Waals surface area contributed by atoms with Gasteiger partial charge in [0, 0.05) is 13.0 Å². The Morgan fingerprint density at radius 3 is 2.82 bits per heavy atom. The number of carbonyl (C=O) groups excluding carboxylic acids is 2. The van der Waals surface area contributed by atoms with Crippen LogP contribution in [0.4, 0.5) is 0 Å². The van der Waals surface area contributed by atoms with Crippen LogP contribution in [0.5, 0.6) is 0 Å². The van der Waals surface area contributed by atoms with Crippen molar-refractivity contribution in [1.29, 1.82) is 0 Å². The lowest BCUT2D eigenvalue weighted by Crippen LogP contribution is -2.44. The highest BCUT2D eigenvalue weighted by molar-refractivity contribution is 5.81. The normalized spacial score (nSPS) is 23.8. The topological polar surface area (TPSA) is 71.1 Å². The van der Waals surface area contributed by atoms with Crippen molar-refractivity contribution in [3.8, 4) is 0 Å². The van der Waals surface area contributed by atoms with Gasteiger partial charge in [-0.25, -0.2) is 4.79 Å². The third-order valence-electron chi connectivity index (χ3n) is 2.05. The molecule has 17 heavy (non-hydrogen) atoms. The molecule has 1 heterocycles. The second-order valence-corrected chi connectivity index (χ2v) is 3.63. The first kappa shape index (κ1) is 13.7. The molecular formula is C11H16O6. The van der Waals surface area contributed by atoms with E-state index < -0.39 is 17.7 Å². The zero-order chi connectivity index (χ0) is 12.7. The molecule has 1 aliphatic heterocycles. The fraction of sp³-hybridized carbons (Fsp3) is 0.636. The zero-order valence-corrected chi connectivity index (χ0v) is 9.77. The highest BCUT2D eigenvalue weighted by Crippen LogP contribution is 2.17. The van der Waals surface area contributed by atoms with Gasteiger partial charge in [0.1, 0.15) is 13.2 Å². The summed E-state index contributed by atoms with van der Waals surface area (Å²) in [6.07, 6.45) is 1.00. The van der Waals surface area contributed by atoms with Gasteiger partial charge in [0.05, 0.1) is 19.6 Å². The average molecular weight is 244 g/mol. The van der Waals surface area contributed by atoms with Crippen LogP contribution in [-0.4, -0.2) is 44.2 Å². The smallest absolute Gasteiger partial charge is 0.330 e. The highest BCUT2D eigenvalue weighted by Gasteiger charge is 2.32. The molecule has 0 aliphatic carbocycles. The Morgan fingerprint density at radius 2 is 2.24 bits per heavy atom. The Balaban J connectivity index is 2.24. The summed E-state index contributed by atoms with van der Waals surface area (Å²) in [6.45, 7) is 5.89. The Labute approximate surface area is 99.5 Å². The van der Waals surface area contributed by atoms with Crippen molar-refractivity contribution >= 4 is 11.9 Å². The number of hydrogen-bond donors (Lipinski definition) is 0. The van der Waals surface area contributed by atoms with Gasteiger partial charge in [-0.3, -0.25) is 4.79 Å². The number of hydrogen-bond acceptors (Lipinski definition) is 6. The van der Waals surface area contributed by atoms with E-state index in [-0.39, 0.29) is 19.6 Å². The lowest BCUT2D eigenvalue weighted by Gasteiger charge is -2.32. The Hall–Kier alpha value is -1.40. The maximum absolute atomic E-state index is 11.4. The number of ether oxygens (including phenoxy) is 4. The standard InChI is InChI=1S/C11H16O6/c1-3-9(12)15-5-4-10(13)17-11(2)8-14-6-7-16-11/h3H,1,4-8H2,2H3. The Kier molecular flexibility index (Phi) is 5.11. The van der Waals surface area contributed by atoms with Gasteiger partial charge in [0.15, 0.2) is 0 Å². The molecule has 0 aromatic rings. The van der Waals surface area contributed by atoms with E-state index in [0.717, 1.165) is 6.08 Å². The molecule has 1 rings (SSSR count). The number of carbonyl (C=O) groups is 2. The van der Waals surface area contributed by atoms with Crippen LogP contribution >= 0.6 is 0 Å². The van der Waals surface area contributed by atoms with E-state index in [1.165, 1.54) is 0 Å². The summed E-state index contributed by atoms with van der Waals surface area (Å²) in [4.78, 5) is 22.1. The number of esters is 2. The van der Waals surface area contributed by atoms with Crippen molar-refractivity contribution < 1.29 is 28.5 Å². The fourth-order valence-electron chi connectivity index (χ4n) is 1.26. The predicted molar refractivity (Wildman–Crippen MR) is 57.0 cm³/mol. The SMILES string of the molecule is C=CC(=O)OCCC(=O)OC1(C)COCCO1. The molecule has 1 saturated heterocycles. The van der Waals surface area contributed by atoms with Crippen LogP contribution in [-0.2, 0) is 28.5 Å². The third kappa shape index (κ3) is 4.97. The van der Waals surface area contributed by atoms with Gasteiger partial charge in [-0.15, -0.1) is 0 Å². The van der Waals surface area contributed by atoms with Crippen molar-refractivity contribution in [3.63, 3.8) is 0 Å². The quantitative estimate of drug-likeness (QED) is 0.515. The molecule has 0 aromatic heterocycles. The van der Waals surface area contributed by atoms with Crippen LogP contribution in [0.25, 0.3) is 0 Å². The molecule has 1 unspecified atom stereocenters. The summed E-state index contributed by atoms with van der Waals surface area (Å²) < 4.78 is 20.2. The Bertz CT molecular complexity index is 292. The highest BCUT2D eigenvalue weighted by atomic mass is 16.7. The molecule has 6 heteroatoms. The molecule has 0 N–H and O–H groups in total. The van der Waals surface area contributed by atoms with Gasteiger partial charge < -0.3 is 18.9 Å². The largest absolute Gasteiger partial charge is 0.462 e. The van der Waals surface area contributed by atoms with Crippen molar-refractivity contribution in [2.75, 3.05) is 26.4 Å². The van der Waals surface area contributed by atoms with E-state index >= 15 is 0 Å². The molecule has 0 bridgehead atoms. The van der Waals surface area contributed by atoms with Gasteiger partial charge in [-0.2, -0.15) is 0 Å². The van der Waals surface area contributed by atoms with Crippen molar-refractivity contribution in [2.24, 2.45) is 0 Å². The molecule has 1 fully saturated rings. The minimum Gasteiger partial charge on any atom is -0.462 e. The molecule has 0 saturated carbocycles. The molecule has 96 valence electrons. The second-order valence-electron chi connectivity index (χ2n) is 3.63. The molecule has 1 atom stereocenters. The van der Waals surface area contributed by atoms with Crippen LogP contribution < -0.4 is 0 Å². The van der Waals surface area contributed by atoms with Gasteiger partial charge in [0.25, 0.3) is 0 Å². The van der Waals surface area contributed by atoms with E-state index in [2.05, 4.69) is 11.3 Å². The molecule has 0 aromatic carbocycles. The summed E-state index contributed by atoms with van der Waals surface area (Å²) in [7, 11) is 0. The average Bonchev–Trinajstić information content (AvgIpc) is 2.29. The van der Waals surface area contributed by atoms with Crippen molar-refractivity contribution in [1.82, 2.24) is 0 Å². The van der Waals surface area contributed by atoms with Gasteiger partial charge in [-0.05, 0) is 0 Å². The van der Waals surface area contributed by atoms with Gasteiger partial charge >= 0.3 is 11.9 Å². The van der Waals surface area contributed by atoms with Crippen LogP contribution in [0.15, 0.2) is 12.7 Å². The molecular weight excluding hydrogens is 228 g/mol. The van der Waals surface area contributed by atoms with E-state index in [1.807, 2.05) is 0 Å². The number of rotatable bonds is 5. The van der Waals surface area contributed by atoms with E-state index in [1.54, 1.807) is 6.92 Å². The molecule has 0 radical (unpaired) electrons. The van der Waals surface area contributed by atoms with Crippen LogP contribution in [0.1, 0.15) is 13.3 Å². The molecule has 6 nitrogen and oxygen atoms in total. The van der Waals surface area contributed by atoms with E-state index in [0.29, 0.717) is 13.2 Å². The second kappa shape index (κ2) is 6.36. The lowest BCUT2D eigenvalue weighted by atomic mass is 10.3. The summed E-state index contributed by atoms with van der Waals surface area (Å²) in [6, 6.07) is 0. The molecule has 1 aliphatic rings. The van der Waals surface area contributed by atoms with E-state index in [9.17, 15) is 9.59 Å². The molecule has 0 amide bonds. The predicted octanol–water partition coefficient (Wildman–Crippen LogP) is 0.412. The summed E-state index contributed by atoms with van der Waals surface area (Å²) in [5.74, 6) is -2.12. The van der Waals surface area contributed by atoms with Crippen molar-refractivity contribution in [3.05, 3.63) is 12.7 Å². The monoisotopic (exact) mass is 244 g/mol. The molecule has 0 spiro atoms. The van der Waals surface area contributed by atoms with Gasteiger partial charge in [-0.1, -0.05) is 6.58 Å². The fourth-order valence-corrected chi connectivity index (χ4v) is 1.26. The summed E-state index contributed by atoms with van der Waals surface area (Å²) >= 11 is 0. The van der Waals surface area contributed by atoms with Crippen LogP contribution in [0, 0.1) is 0 Å². The Morgan fingerprint density at radius 1 is 1.47 bits per heavy atom. The van der Waals surface area contributed by atoms with Crippen molar-refractivity contribution in [2.45, 2.75) is 19.1 Å². The minimum absolute atomic E-state index is 0.0292. The first-order valence-electron chi connectivity index (χ1n) is 5.28.